The number of hydrogen-bond donors (Lipinski definition) is 9. The molecule has 1 aromatic carbocycles. The monoisotopic (exact) mass is 691 g/mol. The predicted octanol–water partition coefficient (Wildman–Crippen LogP) is -0.465. The van der Waals surface area contributed by atoms with Crippen LogP contribution in [0, 0.1) is 5.92 Å². The third kappa shape index (κ3) is 15.0. The molecule has 0 saturated heterocycles. The van der Waals surface area contributed by atoms with Gasteiger partial charge in [0, 0.05) is 12.8 Å². The van der Waals surface area contributed by atoms with Gasteiger partial charge in [0.1, 0.15) is 29.7 Å². The van der Waals surface area contributed by atoms with Crippen LogP contribution >= 0.6 is 0 Å². The Morgan fingerprint density at radius 3 is 1.96 bits per heavy atom. The molecule has 16 nitrogen and oxygen atoms in total. The van der Waals surface area contributed by atoms with Crippen LogP contribution in [-0.4, -0.2) is 94.0 Å². The van der Waals surface area contributed by atoms with E-state index in [4.69, 9.17) is 16.6 Å². The standard InChI is InChI=1S/C33H53N7O9/c1-6-19(2)26(30(46)37-23(31(47)48)15-16-25(41)42)39-29(45)24(18-21-12-8-7-9-13-21)38-27(43)20(3)36-32(49)33(4,5)40-28(44)22(35)14-10-11-17-34/h7-9,12-13,19-20,22-24,26H,6,10-11,14-18,34-35H2,1-5H3,(H,36,49)(H,37,46)(H,38,43)(H,39,45)(H,40,44)(H,41,42)(H,47,48)/t19-,20-,22-,23-,24-,26-/m0/s1. The Morgan fingerprint density at radius 2 is 1.41 bits per heavy atom. The second-order valence-electron chi connectivity index (χ2n) is 12.7. The number of nitrogens with one attached hydrogen (secondary N) is 5. The molecule has 0 bridgehead atoms. The van der Waals surface area contributed by atoms with Crippen molar-refractivity contribution in [3.63, 3.8) is 0 Å². The zero-order valence-corrected chi connectivity index (χ0v) is 28.9. The molecular formula is C33H53N7O9. The molecule has 0 aromatic heterocycles. The molecule has 0 saturated carbocycles. The van der Waals surface area contributed by atoms with E-state index < -0.39 is 89.6 Å². The lowest BCUT2D eigenvalue weighted by molar-refractivity contribution is -0.143. The number of hydrogen-bond acceptors (Lipinski definition) is 9. The first-order valence-corrected chi connectivity index (χ1v) is 16.4. The summed E-state index contributed by atoms with van der Waals surface area (Å²) in [6.07, 6.45) is 1.29. The van der Waals surface area contributed by atoms with Crippen LogP contribution in [0.3, 0.4) is 0 Å². The average molecular weight is 692 g/mol. The Bertz CT molecular complexity index is 1290. The summed E-state index contributed by atoms with van der Waals surface area (Å²) in [5.74, 6) is -6.65. The lowest BCUT2D eigenvalue weighted by Crippen LogP contribution is -2.62. The van der Waals surface area contributed by atoms with E-state index in [9.17, 15) is 38.7 Å². The normalized spacial score (nSPS) is 14.9. The van der Waals surface area contributed by atoms with Crippen molar-refractivity contribution in [1.82, 2.24) is 26.6 Å². The number of nitrogens with two attached hydrogens (primary N) is 2. The van der Waals surface area contributed by atoms with Crippen LogP contribution in [0.1, 0.15) is 78.7 Å². The van der Waals surface area contributed by atoms with Gasteiger partial charge in [0.25, 0.3) is 0 Å². The number of carbonyl (C=O) groups excluding carboxylic acids is 5. The van der Waals surface area contributed by atoms with Crippen molar-refractivity contribution in [1.29, 1.82) is 0 Å². The van der Waals surface area contributed by atoms with Gasteiger partial charge >= 0.3 is 11.9 Å². The van der Waals surface area contributed by atoms with Crippen LogP contribution in [0.15, 0.2) is 30.3 Å². The smallest absolute Gasteiger partial charge is 0.326 e. The summed E-state index contributed by atoms with van der Waals surface area (Å²) in [6, 6.07) is 2.78. The number of benzene rings is 1. The summed E-state index contributed by atoms with van der Waals surface area (Å²) in [5.41, 5.74) is 10.7. The molecule has 6 atom stereocenters. The van der Waals surface area contributed by atoms with Gasteiger partial charge in [-0.3, -0.25) is 28.8 Å². The molecule has 0 aliphatic carbocycles. The van der Waals surface area contributed by atoms with Crippen molar-refractivity contribution in [3.05, 3.63) is 35.9 Å². The maximum absolute atomic E-state index is 13.7. The van der Waals surface area contributed by atoms with Gasteiger partial charge in [-0.05, 0) is 58.1 Å². The quantitative estimate of drug-likeness (QED) is 0.0702. The van der Waals surface area contributed by atoms with E-state index in [1.807, 2.05) is 0 Å². The first kappa shape index (κ1) is 42.5. The molecule has 0 aliphatic rings. The van der Waals surface area contributed by atoms with E-state index in [1.165, 1.54) is 20.8 Å². The highest BCUT2D eigenvalue weighted by Crippen LogP contribution is 2.12. The molecule has 16 heteroatoms. The number of rotatable bonds is 22. The minimum absolute atomic E-state index is 0.00782. The number of carboxylic acids is 2. The summed E-state index contributed by atoms with van der Waals surface area (Å²) >= 11 is 0. The number of carboxylic acid groups (broad SMARTS) is 2. The van der Waals surface area contributed by atoms with E-state index >= 15 is 0 Å². The molecule has 0 heterocycles. The van der Waals surface area contributed by atoms with Crippen LogP contribution < -0.4 is 38.1 Å². The lowest BCUT2D eigenvalue weighted by atomic mass is 9.96. The minimum atomic E-state index is -1.50. The van der Waals surface area contributed by atoms with E-state index in [1.54, 1.807) is 44.2 Å². The molecule has 0 unspecified atom stereocenters. The summed E-state index contributed by atoms with van der Waals surface area (Å²) in [4.78, 5) is 88.6. The Balaban J connectivity index is 3.12. The second-order valence-corrected chi connectivity index (χ2v) is 12.7. The van der Waals surface area contributed by atoms with E-state index in [-0.39, 0.29) is 12.8 Å². The maximum Gasteiger partial charge on any atom is 0.326 e. The molecule has 0 aliphatic heterocycles. The number of unbranched alkanes of at least 4 members (excludes halogenated alkanes) is 1. The largest absolute Gasteiger partial charge is 0.481 e. The van der Waals surface area contributed by atoms with Crippen molar-refractivity contribution in [2.24, 2.45) is 17.4 Å². The van der Waals surface area contributed by atoms with E-state index in [0.29, 0.717) is 37.8 Å². The molecule has 5 amide bonds. The number of amides is 5. The summed E-state index contributed by atoms with van der Waals surface area (Å²) in [5, 5.41) is 31.2. The fraction of sp³-hybridized carbons (Fsp3) is 0.606. The Hall–Kier alpha value is -4.57. The fourth-order valence-corrected chi connectivity index (χ4v) is 4.64. The summed E-state index contributed by atoms with van der Waals surface area (Å²) in [6.45, 7) is 8.23. The Labute approximate surface area is 286 Å². The highest BCUT2D eigenvalue weighted by Gasteiger charge is 2.35. The van der Waals surface area contributed by atoms with Gasteiger partial charge in [0.2, 0.25) is 29.5 Å². The molecular weight excluding hydrogens is 638 g/mol. The van der Waals surface area contributed by atoms with Crippen molar-refractivity contribution in [3.8, 4) is 0 Å². The predicted molar refractivity (Wildman–Crippen MR) is 181 cm³/mol. The van der Waals surface area contributed by atoms with Gasteiger partial charge in [-0.1, -0.05) is 57.0 Å². The first-order valence-electron chi connectivity index (χ1n) is 16.4. The fourth-order valence-electron chi connectivity index (χ4n) is 4.64. The van der Waals surface area contributed by atoms with Crippen LogP contribution in [0.2, 0.25) is 0 Å². The molecule has 274 valence electrons. The second kappa shape index (κ2) is 20.7. The summed E-state index contributed by atoms with van der Waals surface area (Å²) < 4.78 is 0. The van der Waals surface area contributed by atoms with Gasteiger partial charge in [0.15, 0.2) is 0 Å². The summed E-state index contributed by atoms with van der Waals surface area (Å²) in [7, 11) is 0. The maximum atomic E-state index is 13.7. The van der Waals surface area contributed by atoms with Crippen LogP contribution in [0.4, 0.5) is 0 Å². The first-order chi connectivity index (χ1) is 22.9. The molecule has 0 spiro atoms. The van der Waals surface area contributed by atoms with Crippen LogP contribution in [-0.2, 0) is 40.0 Å². The Kier molecular flexibility index (Phi) is 18.0. The zero-order valence-electron chi connectivity index (χ0n) is 28.9. The van der Waals surface area contributed by atoms with Crippen LogP contribution in [0.5, 0.6) is 0 Å². The topological polar surface area (TPSA) is 272 Å². The van der Waals surface area contributed by atoms with E-state index in [0.717, 1.165) is 0 Å². The van der Waals surface area contributed by atoms with Crippen LogP contribution in [0.25, 0.3) is 0 Å². The third-order valence-electron chi connectivity index (χ3n) is 8.02. The number of aliphatic carboxylic acids is 2. The molecule has 0 fully saturated rings. The highest BCUT2D eigenvalue weighted by atomic mass is 16.4. The number of carbonyl (C=O) groups is 7. The minimum Gasteiger partial charge on any atom is -0.481 e. The third-order valence-corrected chi connectivity index (χ3v) is 8.02. The van der Waals surface area contributed by atoms with Crippen molar-refractivity contribution in [2.45, 2.75) is 115 Å². The molecule has 11 N–H and O–H groups in total. The van der Waals surface area contributed by atoms with Gasteiger partial charge in [0.05, 0.1) is 6.04 Å². The molecule has 1 aromatic rings. The van der Waals surface area contributed by atoms with E-state index in [2.05, 4.69) is 26.6 Å². The Morgan fingerprint density at radius 1 is 0.796 bits per heavy atom. The van der Waals surface area contributed by atoms with Crippen molar-refractivity contribution < 1.29 is 43.8 Å². The SMILES string of the molecule is CC[C@H](C)[C@H](NC(=O)[C@H](Cc1ccccc1)NC(=O)[C@H](C)NC(=O)C(C)(C)NC(=O)[C@@H](N)CCCCN)C(=O)N[C@@H](CCC(=O)O)C(=O)O. The average Bonchev–Trinajstić information content (AvgIpc) is 3.04. The van der Waals surface area contributed by atoms with Gasteiger partial charge in [-0.2, -0.15) is 0 Å². The van der Waals surface area contributed by atoms with Crippen molar-refractivity contribution >= 4 is 41.5 Å². The van der Waals surface area contributed by atoms with Gasteiger partial charge < -0.3 is 48.3 Å². The van der Waals surface area contributed by atoms with Crippen molar-refractivity contribution in [2.75, 3.05) is 6.54 Å². The molecule has 1 rings (SSSR count). The van der Waals surface area contributed by atoms with Gasteiger partial charge in [-0.25, -0.2) is 4.79 Å². The highest BCUT2D eigenvalue weighted by molar-refractivity contribution is 5.97. The lowest BCUT2D eigenvalue weighted by Gasteiger charge is -2.29. The molecule has 49 heavy (non-hydrogen) atoms. The zero-order chi connectivity index (χ0) is 37.3. The van der Waals surface area contributed by atoms with Gasteiger partial charge in [-0.15, -0.1) is 0 Å². The molecule has 0 radical (unpaired) electrons.